The van der Waals surface area contributed by atoms with Crippen molar-refractivity contribution in [2.24, 2.45) is 4.99 Å². The van der Waals surface area contributed by atoms with Crippen LogP contribution in [0.1, 0.15) is 70.8 Å². The molecule has 0 atom stereocenters. The lowest BCUT2D eigenvalue weighted by molar-refractivity contribution is -0.127. The average Bonchev–Trinajstić information content (AvgIpc) is 3.26. The van der Waals surface area contributed by atoms with Crippen LogP contribution in [0.25, 0.3) is 6.08 Å². The normalized spacial score (nSPS) is 20.5. The molecule has 3 heterocycles. The number of aryl methyl sites for hydroxylation is 2. The van der Waals surface area contributed by atoms with E-state index in [1.54, 1.807) is 30.0 Å². The third kappa shape index (κ3) is 7.31. The lowest BCUT2D eigenvalue weighted by Crippen LogP contribution is -2.50. The van der Waals surface area contributed by atoms with Gasteiger partial charge in [-0.05, 0) is 93.0 Å². The summed E-state index contributed by atoms with van der Waals surface area (Å²) >= 11 is 0. The van der Waals surface area contributed by atoms with E-state index < -0.39 is 39.7 Å². The summed E-state index contributed by atoms with van der Waals surface area (Å²) in [6.45, 7) is 6.40. The number of benzene rings is 2. The molecule has 2 saturated heterocycles. The Morgan fingerprint density at radius 3 is 2.27 bits per heavy atom. The predicted octanol–water partition coefficient (Wildman–Crippen LogP) is 4.11. The first-order valence-electron chi connectivity index (χ1n) is 14.9. The Labute approximate surface area is 260 Å². The van der Waals surface area contributed by atoms with Crippen molar-refractivity contribution in [3.8, 4) is 0 Å². The zero-order valence-electron chi connectivity index (χ0n) is 25.4. The standard InChI is InChI=1S/C32H37F3N4O5S/c1-21-17-25(28(40)38-12-8-30(3,42)9-13-38)18-22(2)26(21)7-16-45(43,44)39-14-10-31(11-15-39)29(41)36-27(37-31)24-6-4-5-23(19-24)20-32(33,34)35/h4-7,16-19,42H,8-15,20H2,1-3H3,(H,36,37,41). The van der Waals surface area contributed by atoms with E-state index in [4.69, 9.17) is 0 Å². The van der Waals surface area contributed by atoms with E-state index >= 15 is 0 Å². The number of aliphatic hydroxyl groups is 1. The van der Waals surface area contributed by atoms with E-state index in [2.05, 4.69) is 10.3 Å². The summed E-state index contributed by atoms with van der Waals surface area (Å²) < 4.78 is 66.4. The van der Waals surface area contributed by atoms with E-state index in [-0.39, 0.29) is 43.2 Å². The zero-order valence-corrected chi connectivity index (χ0v) is 26.3. The summed E-state index contributed by atoms with van der Waals surface area (Å²) in [5.41, 5.74) is 1.14. The number of amides is 2. The van der Waals surface area contributed by atoms with Crippen molar-refractivity contribution >= 4 is 33.7 Å². The van der Waals surface area contributed by atoms with Gasteiger partial charge in [0.15, 0.2) is 0 Å². The van der Waals surface area contributed by atoms with Gasteiger partial charge in [0.1, 0.15) is 11.4 Å². The third-order valence-electron chi connectivity index (χ3n) is 8.87. The first-order chi connectivity index (χ1) is 21.0. The first kappa shape index (κ1) is 32.8. The maximum absolute atomic E-state index is 13.3. The first-order valence-corrected chi connectivity index (χ1v) is 16.4. The number of piperidine rings is 2. The summed E-state index contributed by atoms with van der Waals surface area (Å²) in [6.07, 6.45) is -2.70. The fourth-order valence-electron chi connectivity index (χ4n) is 6.14. The quantitative estimate of drug-likeness (QED) is 0.490. The largest absolute Gasteiger partial charge is 0.393 e. The molecule has 0 bridgehead atoms. The molecule has 0 unspecified atom stereocenters. The van der Waals surface area contributed by atoms with Gasteiger partial charge in [-0.15, -0.1) is 0 Å². The van der Waals surface area contributed by atoms with Crippen LogP contribution < -0.4 is 5.32 Å². The van der Waals surface area contributed by atoms with E-state index in [0.29, 0.717) is 42.6 Å². The fraction of sp³-hybridized carbons (Fsp3) is 0.469. The molecule has 0 saturated carbocycles. The van der Waals surface area contributed by atoms with Gasteiger partial charge in [0.25, 0.3) is 11.8 Å². The summed E-state index contributed by atoms with van der Waals surface area (Å²) in [5.74, 6) is -0.347. The van der Waals surface area contributed by atoms with Crippen LogP contribution in [0.3, 0.4) is 0 Å². The molecular formula is C32H37F3N4O5S. The number of halogens is 3. The smallest absolute Gasteiger partial charge is 0.390 e. The van der Waals surface area contributed by atoms with Crippen molar-refractivity contribution < 1.29 is 36.3 Å². The number of nitrogens with zero attached hydrogens (tertiary/aromatic N) is 3. The van der Waals surface area contributed by atoms with Crippen molar-refractivity contribution in [1.29, 1.82) is 0 Å². The molecule has 242 valence electrons. The highest BCUT2D eigenvalue weighted by atomic mass is 32.2. The number of alkyl halides is 3. The van der Waals surface area contributed by atoms with E-state index in [9.17, 15) is 36.3 Å². The molecule has 5 rings (SSSR count). The Bertz CT molecular complexity index is 1640. The van der Waals surface area contributed by atoms with Crippen molar-refractivity contribution in [2.45, 2.75) is 70.2 Å². The van der Waals surface area contributed by atoms with Gasteiger partial charge >= 0.3 is 6.18 Å². The Kier molecular flexibility index (Phi) is 8.75. The lowest BCUT2D eigenvalue weighted by atomic mass is 9.89. The van der Waals surface area contributed by atoms with Gasteiger partial charge in [-0.25, -0.2) is 8.42 Å². The minimum absolute atomic E-state index is 0.0408. The van der Waals surface area contributed by atoms with Gasteiger partial charge in [0.2, 0.25) is 10.0 Å². The topological polar surface area (TPSA) is 119 Å². The van der Waals surface area contributed by atoms with Crippen LogP contribution in [-0.2, 0) is 21.2 Å². The number of carbonyl (C=O) groups excluding carboxylic acids is 2. The van der Waals surface area contributed by atoms with Gasteiger partial charge in [-0.1, -0.05) is 18.2 Å². The molecule has 3 aliphatic heterocycles. The maximum Gasteiger partial charge on any atom is 0.393 e. The molecule has 3 aliphatic rings. The molecule has 2 N–H and O–H groups in total. The van der Waals surface area contributed by atoms with Crippen molar-refractivity contribution in [1.82, 2.24) is 14.5 Å². The van der Waals surface area contributed by atoms with E-state index in [1.807, 2.05) is 13.8 Å². The minimum atomic E-state index is -4.37. The number of hydrogen-bond acceptors (Lipinski definition) is 6. The number of amidine groups is 1. The number of rotatable bonds is 6. The van der Waals surface area contributed by atoms with Crippen LogP contribution in [0, 0.1) is 13.8 Å². The Morgan fingerprint density at radius 1 is 1.04 bits per heavy atom. The van der Waals surface area contributed by atoms with Gasteiger partial charge in [0.05, 0.1) is 12.0 Å². The molecule has 2 aromatic carbocycles. The Morgan fingerprint density at radius 2 is 1.67 bits per heavy atom. The molecule has 45 heavy (non-hydrogen) atoms. The Hall–Kier alpha value is -3.55. The number of hydrogen-bond donors (Lipinski definition) is 2. The molecule has 0 aliphatic carbocycles. The SMILES string of the molecule is Cc1cc(C(=O)N2CCC(C)(O)CC2)cc(C)c1C=CS(=O)(=O)N1CCC2(CC1)N=C(c1cccc(CC(F)(F)F)c1)NC2=O. The van der Waals surface area contributed by atoms with Crippen LogP contribution in [-0.4, -0.2) is 83.9 Å². The van der Waals surface area contributed by atoms with Crippen molar-refractivity contribution in [3.63, 3.8) is 0 Å². The highest BCUT2D eigenvalue weighted by Crippen LogP contribution is 2.33. The van der Waals surface area contributed by atoms with Crippen molar-refractivity contribution in [2.75, 3.05) is 26.2 Å². The number of carbonyl (C=O) groups is 2. The third-order valence-corrected chi connectivity index (χ3v) is 10.4. The fourth-order valence-corrected chi connectivity index (χ4v) is 7.31. The monoisotopic (exact) mass is 646 g/mol. The second-order valence-electron chi connectivity index (χ2n) is 12.5. The number of nitrogens with one attached hydrogen (secondary N) is 1. The molecule has 9 nitrogen and oxygen atoms in total. The summed E-state index contributed by atoms with van der Waals surface area (Å²) in [7, 11) is -3.85. The van der Waals surface area contributed by atoms with E-state index in [0.717, 1.165) is 16.5 Å². The van der Waals surface area contributed by atoms with Crippen molar-refractivity contribution in [3.05, 3.63) is 75.2 Å². The van der Waals surface area contributed by atoms with Crippen LogP contribution >= 0.6 is 0 Å². The molecule has 2 aromatic rings. The second-order valence-corrected chi connectivity index (χ2v) is 14.3. The van der Waals surface area contributed by atoms with Gasteiger partial charge in [0, 0.05) is 42.7 Å². The summed E-state index contributed by atoms with van der Waals surface area (Å²) in [5, 5.41) is 14.0. The number of likely N-dealkylation sites (tertiary alicyclic amines) is 1. The molecule has 0 aromatic heterocycles. The van der Waals surface area contributed by atoms with Gasteiger partial charge < -0.3 is 15.3 Å². The van der Waals surface area contributed by atoms with Gasteiger partial charge in [-0.2, -0.15) is 17.5 Å². The predicted molar refractivity (Wildman–Crippen MR) is 164 cm³/mol. The molecule has 1 spiro atoms. The minimum Gasteiger partial charge on any atom is -0.390 e. The maximum atomic E-state index is 13.3. The van der Waals surface area contributed by atoms with Crippen LogP contribution in [0.5, 0.6) is 0 Å². The zero-order chi connectivity index (χ0) is 32.8. The van der Waals surface area contributed by atoms with Crippen LogP contribution in [0.15, 0.2) is 46.8 Å². The van der Waals surface area contributed by atoms with Crippen LogP contribution in [0.4, 0.5) is 13.2 Å². The molecule has 0 radical (unpaired) electrons. The summed E-state index contributed by atoms with van der Waals surface area (Å²) in [6, 6.07) is 9.25. The van der Waals surface area contributed by atoms with Crippen LogP contribution in [0.2, 0.25) is 0 Å². The summed E-state index contributed by atoms with van der Waals surface area (Å²) in [4.78, 5) is 32.3. The highest BCUT2D eigenvalue weighted by Gasteiger charge is 2.47. The lowest BCUT2D eigenvalue weighted by Gasteiger charge is -2.36. The number of aliphatic imine (C=N–C) groups is 1. The average molecular weight is 647 g/mol. The molecule has 13 heteroatoms. The molecular weight excluding hydrogens is 609 g/mol. The molecule has 2 amide bonds. The highest BCUT2D eigenvalue weighted by molar-refractivity contribution is 7.92. The Balaban J connectivity index is 1.25. The molecule has 2 fully saturated rings. The van der Waals surface area contributed by atoms with Gasteiger partial charge in [-0.3, -0.25) is 14.6 Å². The number of sulfonamides is 1. The second kappa shape index (κ2) is 12.0. The van der Waals surface area contributed by atoms with E-state index in [1.165, 1.54) is 28.6 Å².